The standard InChI is InChI=1S/C24H29N3O4.C24H27N3O3.C16H14N4O4.C14H19NO.2C2H4O2.H3N/c25-22(27-24(30)31-16-17-10-4-3-5-11-17)23(29)26-20-15-9-8-14-19(20)21(28)18-12-6-1-2-7-13-18;28-23-22(27-24(29)30-16-17-10-4-3-5-11-17)26-21(18-12-6-1-2-7-13-18)19-14-8-9-15-20(19)25-23;21-15(22)14(20-13-9-5-4-8-12(13)18-19-20)17-16(23)24-10-11-6-2-1-3-7-11;15-13-10-6-5-9-12(13)14(16)11-7-3-1-2-4-8-11;2*1-2(3)4;/h3-5,8-11,14-15,18,22H,1-2,6-7,12-13,16,25H2,(H,26,29)(H,27,30);3-5,8-11,14-15,18,22H,1-2,6-7,12-13,16H2,(H,25,28)(H,27,29);1-9,14H,10H2,(H,17,23)(H,21,22);5-6,9-11H,1-4,7-8,15H2;2*1H3,(H,3,4);1H3. The van der Waals surface area contributed by atoms with E-state index >= 15 is 0 Å². The number of carbonyl (C=O) groups is 10. The Balaban J connectivity index is 0.000000225. The van der Waals surface area contributed by atoms with E-state index in [0.717, 1.165) is 135 Å². The number of hydrogen-bond donors (Lipinski definition) is 11. The third-order valence-electron chi connectivity index (χ3n) is 17.9. The van der Waals surface area contributed by atoms with Crippen LogP contribution in [0.2, 0.25) is 0 Å². The number of carbonyl (C=O) groups excluding carboxylic acids is 7. The number of ketones is 2. The van der Waals surface area contributed by atoms with E-state index in [4.69, 9.17) is 50.5 Å². The first-order valence-electron chi connectivity index (χ1n) is 36.5. The van der Waals surface area contributed by atoms with Crippen LogP contribution < -0.4 is 44.2 Å². The van der Waals surface area contributed by atoms with E-state index in [2.05, 4.69) is 36.9 Å². The molecular weight excluding hydrogens is 1410 g/mol. The minimum absolute atomic E-state index is 0. The van der Waals surface area contributed by atoms with Crippen LogP contribution in [-0.4, -0.2) is 108 Å². The number of fused-ring (bicyclic) bond motifs is 2. The molecule has 8 aromatic rings. The minimum Gasteiger partial charge on any atom is -0.481 e. The van der Waals surface area contributed by atoms with Crippen LogP contribution in [-0.2, 0) is 58.0 Å². The number of anilines is 3. The Kier molecular flexibility index (Phi) is 36.9. The summed E-state index contributed by atoms with van der Waals surface area (Å²) in [7, 11) is 0. The van der Waals surface area contributed by atoms with Gasteiger partial charge in [-0.05, 0) is 97.7 Å². The first-order chi connectivity index (χ1) is 52.6. The Labute approximate surface area is 639 Å². The number of carboxylic acid groups (broad SMARTS) is 3. The number of nitrogen functional groups attached to an aromatic ring is 1. The van der Waals surface area contributed by atoms with Crippen molar-refractivity contribution in [2.24, 2.45) is 28.5 Å². The molecule has 12 rings (SSSR count). The zero-order valence-corrected chi connectivity index (χ0v) is 62.0. The average Bonchev–Trinajstić information content (AvgIpc) is 1.67. The summed E-state index contributed by atoms with van der Waals surface area (Å²) in [5.41, 5.74) is 20.0. The van der Waals surface area contributed by atoms with Gasteiger partial charge in [-0.1, -0.05) is 228 Å². The van der Waals surface area contributed by atoms with Gasteiger partial charge in [-0.3, -0.25) is 49.7 Å². The highest BCUT2D eigenvalue weighted by atomic mass is 16.6. The summed E-state index contributed by atoms with van der Waals surface area (Å²) in [6.45, 7) is 2.41. The van der Waals surface area contributed by atoms with Gasteiger partial charge in [0.1, 0.15) is 25.3 Å². The van der Waals surface area contributed by atoms with Gasteiger partial charge in [-0.2, -0.15) is 0 Å². The molecule has 0 spiro atoms. The summed E-state index contributed by atoms with van der Waals surface area (Å²) in [4.78, 5) is 121. The Morgan fingerprint density at radius 3 is 1.45 bits per heavy atom. The van der Waals surface area contributed by atoms with E-state index in [1.54, 1.807) is 60.7 Å². The maximum atomic E-state index is 13.1. The van der Waals surface area contributed by atoms with Crippen molar-refractivity contribution in [2.75, 3.05) is 16.4 Å². The normalized spacial score (nSPS) is 15.3. The predicted molar refractivity (Wildman–Crippen MR) is 417 cm³/mol. The second-order valence-electron chi connectivity index (χ2n) is 26.3. The van der Waals surface area contributed by atoms with Crippen molar-refractivity contribution in [3.05, 3.63) is 221 Å². The van der Waals surface area contributed by atoms with Gasteiger partial charge in [0.2, 0.25) is 12.3 Å². The molecule has 15 N–H and O–H groups in total. The minimum atomic E-state index is -1.42. The monoisotopic (exact) mass is 1510 g/mol. The van der Waals surface area contributed by atoms with Crippen molar-refractivity contribution >= 4 is 93.4 Å². The zero-order valence-electron chi connectivity index (χ0n) is 62.0. The van der Waals surface area contributed by atoms with Crippen LogP contribution in [0.4, 0.5) is 31.4 Å². The smallest absolute Gasteiger partial charge is 0.409 e. The van der Waals surface area contributed by atoms with Gasteiger partial charge in [0.15, 0.2) is 17.7 Å². The first-order valence-corrected chi connectivity index (χ1v) is 36.5. The Morgan fingerprint density at radius 1 is 0.518 bits per heavy atom. The molecule has 3 atom stereocenters. The molecule has 1 aromatic heterocycles. The third kappa shape index (κ3) is 29.5. The van der Waals surface area contributed by atoms with Gasteiger partial charge < -0.3 is 57.8 Å². The van der Waals surface area contributed by atoms with Crippen LogP contribution in [0.5, 0.6) is 0 Å². The molecular formula is C82H100N12O16. The number of benzene rings is 7. The number of alkyl carbamates (subject to hydrolysis) is 3. The molecule has 110 heavy (non-hydrogen) atoms. The number of amides is 5. The molecule has 584 valence electrons. The second-order valence-corrected chi connectivity index (χ2v) is 26.3. The fraction of sp³-hybridized carbons (Fsp3) is 0.354. The Morgan fingerprint density at radius 2 is 0.936 bits per heavy atom. The molecule has 0 bridgehead atoms. The number of aliphatic carboxylic acids is 3. The van der Waals surface area contributed by atoms with Crippen molar-refractivity contribution in [3.8, 4) is 0 Å². The van der Waals surface area contributed by atoms with Crippen LogP contribution >= 0.6 is 0 Å². The molecule has 28 heteroatoms. The van der Waals surface area contributed by atoms with Crippen molar-refractivity contribution < 1.29 is 77.5 Å². The second kappa shape index (κ2) is 46.8. The molecule has 3 unspecified atom stereocenters. The largest absolute Gasteiger partial charge is 0.481 e. The van der Waals surface area contributed by atoms with Gasteiger partial charge in [-0.15, -0.1) is 5.10 Å². The number of Topliss-reactive ketones (excluding diaryl/α,β-unsaturated/α-hetero) is 2. The number of nitrogens with one attached hydrogen (secondary N) is 5. The van der Waals surface area contributed by atoms with E-state index in [-0.39, 0.29) is 61.2 Å². The van der Waals surface area contributed by atoms with E-state index in [9.17, 15) is 43.5 Å². The lowest BCUT2D eigenvalue weighted by Gasteiger charge is -2.19. The SMILES string of the molecule is CC(=O)O.CC(=O)O.N.NC(NC(=O)OCc1ccccc1)C(=O)Nc1ccccc1C(=O)C1CCCCCC1.Nc1ccccc1C(=O)C1CCCCCC1.O=C(NC(C(=O)O)n1nnc2ccccc21)OCc1ccccc1.O=C(NC1N=C(C2CCCCCC2)c2ccccc2NC1=O)OCc1ccccc1. The van der Waals surface area contributed by atoms with Crippen molar-refractivity contribution in [1.29, 1.82) is 0 Å². The highest BCUT2D eigenvalue weighted by Crippen LogP contribution is 2.33. The van der Waals surface area contributed by atoms with Gasteiger partial charge in [0.05, 0.1) is 16.9 Å². The number of carboxylic acids is 3. The number of nitrogens with zero attached hydrogens (tertiary/aromatic N) is 4. The van der Waals surface area contributed by atoms with E-state index < -0.39 is 60.6 Å². The van der Waals surface area contributed by atoms with E-state index in [0.29, 0.717) is 28.0 Å². The highest BCUT2D eigenvalue weighted by Gasteiger charge is 2.32. The van der Waals surface area contributed by atoms with Gasteiger partial charge >= 0.3 is 24.2 Å². The fourth-order valence-electron chi connectivity index (χ4n) is 12.5. The number of ether oxygens (including phenoxy) is 3. The van der Waals surface area contributed by atoms with Crippen molar-refractivity contribution in [2.45, 2.75) is 168 Å². The third-order valence-corrected chi connectivity index (χ3v) is 17.9. The summed E-state index contributed by atoms with van der Waals surface area (Å²) < 4.78 is 16.6. The summed E-state index contributed by atoms with van der Waals surface area (Å²) in [5, 5.41) is 44.7. The Hall–Kier alpha value is -12.2. The van der Waals surface area contributed by atoms with Crippen LogP contribution in [0.1, 0.15) is 179 Å². The topological polar surface area (TPSA) is 449 Å². The maximum absolute atomic E-state index is 13.1. The lowest BCUT2D eigenvalue weighted by Crippen LogP contribution is -2.50. The molecule has 4 aliphatic rings. The average molecular weight is 1510 g/mol. The number of rotatable bonds is 18. The van der Waals surface area contributed by atoms with Gasteiger partial charge in [0, 0.05) is 59.7 Å². The highest BCUT2D eigenvalue weighted by molar-refractivity contribution is 6.13. The van der Waals surface area contributed by atoms with Crippen LogP contribution in [0.25, 0.3) is 11.0 Å². The van der Waals surface area contributed by atoms with Crippen LogP contribution in [0.15, 0.2) is 193 Å². The van der Waals surface area contributed by atoms with E-state index in [1.165, 1.54) is 38.5 Å². The number of para-hydroxylation sites is 4. The molecule has 3 fully saturated rings. The summed E-state index contributed by atoms with van der Waals surface area (Å²) >= 11 is 0. The molecule has 2 heterocycles. The number of benzodiazepines with no additional fused rings is 1. The summed E-state index contributed by atoms with van der Waals surface area (Å²) in [6.07, 6.45) is 13.9. The lowest BCUT2D eigenvalue weighted by atomic mass is 9.89. The number of aromatic nitrogens is 3. The molecule has 3 aliphatic carbocycles. The molecule has 0 radical (unpaired) electrons. The van der Waals surface area contributed by atoms with Crippen molar-refractivity contribution in [3.63, 3.8) is 0 Å². The molecule has 0 saturated heterocycles. The summed E-state index contributed by atoms with van der Waals surface area (Å²) in [6, 6.07) is 56.6. The van der Waals surface area contributed by atoms with Gasteiger partial charge in [0.25, 0.3) is 23.8 Å². The van der Waals surface area contributed by atoms with Crippen LogP contribution in [0.3, 0.4) is 0 Å². The van der Waals surface area contributed by atoms with E-state index in [1.807, 2.05) is 127 Å². The predicted octanol–water partition coefficient (Wildman–Crippen LogP) is 14.3. The maximum Gasteiger partial charge on any atom is 0.409 e. The van der Waals surface area contributed by atoms with Crippen LogP contribution in [0, 0.1) is 17.8 Å². The molecule has 3 saturated carbocycles. The Bertz CT molecular complexity index is 4270. The summed E-state index contributed by atoms with van der Waals surface area (Å²) in [5.74, 6) is -3.18. The first kappa shape index (κ1) is 86.7. The molecule has 7 aromatic carbocycles. The molecule has 28 nitrogen and oxygen atoms in total. The number of nitrogens with two attached hydrogens (primary N) is 2. The molecule has 5 amide bonds. The fourth-order valence-corrected chi connectivity index (χ4v) is 12.5. The van der Waals surface area contributed by atoms with Crippen molar-refractivity contribution in [1.82, 2.24) is 37.1 Å². The van der Waals surface area contributed by atoms with Gasteiger partial charge in [-0.25, -0.2) is 23.9 Å². The zero-order chi connectivity index (χ0) is 78.3. The quantitative estimate of drug-likeness (QED) is 0.0125. The lowest BCUT2D eigenvalue weighted by molar-refractivity contribution is -0.142. The number of hydrogen-bond acceptors (Lipinski definition) is 19. The molecule has 1 aliphatic heterocycles. The number of aliphatic imine (C=N–C) groups is 1.